The number of amides is 1. The van der Waals surface area contributed by atoms with Gasteiger partial charge in [0.1, 0.15) is 5.54 Å². The third-order valence-electron chi connectivity index (χ3n) is 5.05. The van der Waals surface area contributed by atoms with Crippen LogP contribution in [0.3, 0.4) is 0 Å². The highest BCUT2D eigenvalue weighted by Crippen LogP contribution is 2.49. The molecule has 2 rings (SSSR count). The minimum atomic E-state index is -0.801. The average molecular weight is 315 g/mol. The summed E-state index contributed by atoms with van der Waals surface area (Å²) in [5.41, 5.74) is 5.24. The fraction of sp³-hybridized carbons (Fsp3) is 0.933. The van der Waals surface area contributed by atoms with Crippen molar-refractivity contribution in [3.63, 3.8) is 0 Å². The smallest absolute Gasteiger partial charge is 0.240 e. The van der Waals surface area contributed by atoms with Crippen molar-refractivity contribution >= 4 is 17.7 Å². The average Bonchev–Trinajstić information content (AvgIpc) is 2.47. The van der Waals surface area contributed by atoms with Crippen molar-refractivity contribution in [1.82, 2.24) is 10.2 Å². The van der Waals surface area contributed by atoms with Crippen LogP contribution < -0.4 is 11.1 Å². The lowest BCUT2D eigenvalue weighted by molar-refractivity contribution is -0.170. The summed E-state index contributed by atoms with van der Waals surface area (Å²) in [5.74, 6) is 2.35. The van der Waals surface area contributed by atoms with Crippen molar-refractivity contribution < 1.29 is 9.53 Å². The zero-order valence-corrected chi connectivity index (χ0v) is 14.3. The van der Waals surface area contributed by atoms with Gasteiger partial charge in [-0.05, 0) is 6.92 Å². The standard InChI is InChI=1S/C15H29N3O2S/c1-4-20-12-11-15(16,14(12,2)3)13(19)17-5-6-18-7-9-21-10-8-18/h12H,4-11,16H2,1-3H3,(H,17,19). The molecule has 0 radical (unpaired) electrons. The van der Waals surface area contributed by atoms with E-state index in [1.807, 2.05) is 32.5 Å². The molecule has 21 heavy (non-hydrogen) atoms. The van der Waals surface area contributed by atoms with Crippen LogP contribution in [0.1, 0.15) is 27.2 Å². The van der Waals surface area contributed by atoms with Gasteiger partial charge in [0.05, 0.1) is 6.10 Å². The Morgan fingerprint density at radius 3 is 2.67 bits per heavy atom. The minimum absolute atomic E-state index is 0.0326. The Kier molecular flexibility index (Phi) is 5.57. The quantitative estimate of drug-likeness (QED) is 0.755. The second kappa shape index (κ2) is 6.86. The highest BCUT2D eigenvalue weighted by atomic mass is 32.2. The van der Waals surface area contributed by atoms with Crippen LogP contribution in [0.25, 0.3) is 0 Å². The highest BCUT2D eigenvalue weighted by Gasteiger charge is 2.62. The fourth-order valence-electron chi connectivity index (χ4n) is 3.13. The SMILES string of the molecule is CCOC1CC(N)(C(=O)NCCN2CCSCC2)C1(C)C. The van der Waals surface area contributed by atoms with Crippen LogP contribution in [0.15, 0.2) is 0 Å². The molecule has 0 spiro atoms. The summed E-state index contributed by atoms with van der Waals surface area (Å²) in [6.07, 6.45) is 0.692. The molecule has 122 valence electrons. The van der Waals surface area contributed by atoms with Crippen molar-refractivity contribution in [2.75, 3.05) is 44.3 Å². The zero-order chi connectivity index (χ0) is 15.5. The number of nitrogens with zero attached hydrogens (tertiary/aromatic N) is 1. The molecule has 3 N–H and O–H groups in total. The summed E-state index contributed by atoms with van der Waals surface area (Å²) < 4.78 is 5.67. The third-order valence-corrected chi connectivity index (χ3v) is 5.99. The molecule has 1 heterocycles. The van der Waals surface area contributed by atoms with Gasteiger partial charge < -0.3 is 15.8 Å². The van der Waals surface area contributed by atoms with Crippen LogP contribution in [0, 0.1) is 5.41 Å². The lowest BCUT2D eigenvalue weighted by atomic mass is 9.54. The molecular weight excluding hydrogens is 286 g/mol. The molecule has 1 saturated heterocycles. The molecule has 2 atom stereocenters. The molecule has 0 bridgehead atoms. The van der Waals surface area contributed by atoms with Gasteiger partial charge in [0.2, 0.25) is 5.91 Å². The maximum Gasteiger partial charge on any atom is 0.240 e. The summed E-state index contributed by atoms with van der Waals surface area (Å²) in [4.78, 5) is 14.8. The minimum Gasteiger partial charge on any atom is -0.378 e. The van der Waals surface area contributed by atoms with E-state index in [1.54, 1.807) is 0 Å². The van der Waals surface area contributed by atoms with E-state index in [4.69, 9.17) is 10.5 Å². The van der Waals surface area contributed by atoms with Gasteiger partial charge >= 0.3 is 0 Å². The van der Waals surface area contributed by atoms with Crippen LogP contribution in [0.2, 0.25) is 0 Å². The van der Waals surface area contributed by atoms with Crippen molar-refractivity contribution in [2.24, 2.45) is 11.1 Å². The number of hydrogen-bond acceptors (Lipinski definition) is 5. The van der Waals surface area contributed by atoms with E-state index in [-0.39, 0.29) is 17.4 Å². The number of carbonyl (C=O) groups excluding carboxylic acids is 1. The summed E-state index contributed by atoms with van der Waals surface area (Å²) in [7, 11) is 0. The number of nitrogens with one attached hydrogen (secondary N) is 1. The molecule has 0 aromatic rings. The summed E-state index contributed by atoms with van der Waals surface area (Å²) in [5, 5.41) is 3.02. The molecule has 0 aromatic heterocycles. The first-order chi connectivity index (χ1) is 9.91. The van der Waals surface area contributed by atoms with E-state index in [1.165, 1.54) is 11.5 Å². The van der Waals surface area contributed by atoms with Crippen molar-refractivity contribution in [3.8, 4) is 0 Å². The molecule has 1 amide bonds. The van der Waals surface area contributed by atoms with Crippen LogP contribution in [-0.4, -0.2) is 66.7 Å². The zero-order valence-electron chi connectivity index (χ0n) is 13.5. The van der Waals surface area contributed by atoms with Gasteiger partial charge in [0.15, 0.2) is 0 Å². The van der Waals surface area contributed by atoms with Crippen LogP contribution in [0.4, 0.5) is 0 Å². The Morgan fingerprint density at radius 1 is 1.43 bits per heavy atom. The van der Waals surface area contributed by atoms with E-state index in [9.17, 15) is 4.79 Å². The number of thioether (sulfide) groups is 1. The summed E-state index contributed by atoms with van der Waals surface area (Å²) in [6.45, 7) is 10.5. The first-order valence-corrected chi connectivity index (χ1v) is 9.06. The number of nitrogens with two attached hydrogens (primary N) is 1. The predicted octanol–water partition coefficient (Wildman–Crippen LogP) is 0.684. The van der Waals surface area contributed by atoms with Gasteiger partial charge in [0, 0.05) is 56.1 Å². The second-order valence-electron chi connectivity index (χ2n) is 6.55. The maximum atomic E-state index is 12.4. The normalized spacial score (nSPS) is 32.5. The first-order valence-electron chi connectivity index (χ1n) is 7.90. The molecule has 6 heteroatoms. The molecule has 2 fully saturated rings. The Balaban J connectivity index is 1.77. The lowest BCUT2D eigenvalue weighted by Crippen LogP contribution is -2.75. The lowest BCUT2D eigenvalue weighted by Gasteiger charge is -2.57. The number of ether oxygens (including phenoxy) is 1. The Bertz CT molecular complexity index is 372. The predicted molar refractivity (Wildman–Crippen MR) is 87.5 cm³/mol. The number of rotatable bonds is 6. The van der Waals surface area contributed by atoms with Gasteiger partial charge in [-0.1, -0.05) is 13.8 Å². The number of hydrogen-bond donors (Lipinski definition) is 2. The molecule has 2 aliphatic rings. The van der Waals surface area contributed by atoms with E-state index < -0.39 is 5.54 Å². The van der Waals surface area contributed by atoms with E-state index >= 15 is 0 Å². The summed E-state index contributed by atoms with van der Waals surface area (Å²) in [6, 6.07) is 0. The topological polar surface area (TPSA) is 67.6 Å². The van der Waals surface area contributed by atoms with Gasteiger partial charge in [-0.2, -0.15) is 11.8 Å². The Hall–Kier alpha value is -0.300. The second-order valence-corrected chi connectivity index (χ2v) is 7.78. The largest absolute Gasteiger partial charge is 0.378 e. The van der Waals surface area contributed by atoms with Crippen molar-refractivity contribution in [2.45, 2.75) is 38.8 Å². The first kappa shape index (κ1) is 17.1. The van der Waals surface area contributed by atoms with Crippen LogP contribution >= 0.6 is 11.8 Å². The van der Waals surface area contributed by atoms with E-state index in [0.29, 0.717) is 19.6 Å². The molecule has 0 aromatic carbocycles. The van der Waals surface area contributed by atoms with E-state index in [0.717, 1.165) is 19.6 Å². The molecular formula is C15H29N3O2S. The van der Waals surface area contributed by atoms with Crippen molar-refractivity contribution in [3.05, 3.63) is 0 Å². The molecule has 1 aliphatic carbocycles. The van der Waals surface area contributed by atoms with Gasteiger partial charge in [-0.25, -0.2) is 0 Å². The Labute approximate surface area is 132 Å². The van der Waals surface area contributed by atoms with Crippen molar-refractivity contribution in [1.29, 1.82) is 0 Å². The molecule has 1 aliphatic heterocycles. The highest BCUT2D eigenvalue weighted by molar-refractivity contribution is 7.99. The van der Waals surface area contributed by atoms with Gasteiger partial charge in [-0.3, -0.25) is 9.69 Å². The molecule has 1 saturated carbocycles. The monoisotopic (exact) mass is 315 g/mol. The van der Waals surface area contributed by atoms with E-state index in [2.05, 4.69) is 10.2 Å². The summed E-state index contributed by atoms with van der Waals surface area (Å²) >= 11 is 2.00. The maximum absolute atomic E-state index is 12.4. The number of carbonyl (C=O) groups is 1. The van der Waals surface area contributed by atoms with Gasteiger partial charge in [0.25, 0.3) is 0 Å². The Morgan fingerprint density at radius 2 is 2.10 bits per heavy atom. The van der Waals surface area contributed by atoms with Crippen LogP contribution in [0.5, 0.6) is 0 Å². The molecule has 5 nitrogen and oxygen atoms in total. The third kappa shape index (κ3) is 3.38. The molecule has 2 unspecified atom stereocenters. The fourth-order valence-corrected chi connectivity index (χ4v) is 4.11. The van der Waals surface area contributed by atoms with Gasteiger partial charge in [-0.15, -0.1) is 0 Å². The van der Waals surface area contributed by atoms with Crippen LogP contribution in [-0.2, 0) is 9.53 Å².